The van der Waals surface area contributed by atoms with Gasteiger partial charge in [0.1, 0.15) is 6.10 Å². The van der Waals surface area contributed by atoms with Crippen LogP contribution >= 0.6 is 0 Å². The summed E-state index contributed by atoms with van der Waals surface area (Å²) in [4.78, 5) is 9.84. The molecular weight excluding hydrogens is 124 g/mol. The van der Waals surface area contributed by atoms with E-state index in [1.807, 2.05) is 0 Å². The molecule has 4 heteroatoms. The molecule has 0 unspecified atom stereocenters. The molecule has 0 saturated carbocycles. The zero-order valence-corrected chi connectivity index (χ0v) is 4.69. The Hall–Kier alpha value is -0.870. The molecule has 4 nitrogen and oxygen atoms in total. The van der Waals surface area contributed by atoms with Crippen LogP contribution in [0.1, 0.15) is 0 Å². The smallest absolute Gasteiger partial charge is 0.335 e. The second-order valence-corrected chi connectivity index (χ2v) is 1.51. The maximum absolute atomic E-state index is 9.84. The highest BCUT2D eigenvalue weighted by molar-refractivity contribution is 5.73. The first-order valence-corrected chi connectivity index (χ1v) is 2.31. The monoisotopic (exact) mass is 132 g/mol. The van der Waals surface area contributed by atoms with Crippen molar-refractivity contribution in [3.05, 3.63) is 12.7 Å². The molecule has 0 aliphatic carbocycles. The van der Waals surface area contributed by atoms with E-state index in [0.29, 0.717) is 0 Å². The maximum atomic E-state index is 9.84. The first kappa shape index (κ1) is 8.13. The van der Waals surface area contributed by atoms with Crippen LogP contribution in [-0.2, 0) is 4.79 Å². The molecule has 0 rings (SSSR count). The van der Waals surface area contributed by atoms with Gasteiger partial charge in [0.05, 0.1) is 0 Å². The molecule has 0 amide bonds. The van der Waals surface area contributed by atoms with E-state index in [9.17, 15) is 4.79 Å². The Bertz CT molecular complexity index is 120. The van der Waals surface area contributed by atoms with Gasteiger partial charge in [-0.15, -0.1) is 6.58 Å². The van der Waals surface area contributed by atoms with Crippen LogP contribution in [0.3, 0.4) is 0 Å². The van der Waals surface area contributed by atoms with Crippen molar-refractivity contribution in [2.24, 2.45) is 0 Å². The maximum Gasteiger partial charge on any atom is 0.335 e. The molecule has 0 radical (unpaired) electrons. The van der Waals surface area contributed by atoms with Crippen LogP contribution in [0.4, 0.5) is 0 Å². The summed E-state index contributed by atoms with van der Waals surface area (Å²) in [5, 5.41) is 25.0. The van der Waals surface area contributed by atoms with E-state index in [1.54, 1.807) is 0 Å². The van der Waals surface area contributed by atoms with Crippen LogP contribution in [0.2, 0.25) is 0 Å². The predicted octanol–water partition coefficient (Wildman–Crippen LogP) is -1.02. The van der Waals surface area contributed by atoms with E-state index in [-0.39, 0.29) is 0 Å². The first-order valence-electron chi connectivity index (χ1n) is 2.31. The highest BCUT2D eigenvalue weighted by Crippen LogP contribution is 1.92. The molecular formula is C5H8O4. The summed E-state index contributed by atoms with van der Waals surface area (Å²) in [7, 11) is 0. The highest BCUT2D eigenvalue weighted by atomic mass is 16.4. The fourth-order valence-corrected chi connectivity index (χ4v) is 0.275. The fourth-order valence-electron chi connectivity index (χ4n) is 0.275. The Morgan fingerprint density at radius 3 is 2.11 bits per heavy atom. The average Bonchev–Trinajstić information content (AvgIpc) is 1.84. The Morgan fingerprint density at radius 1 is 1.56 bits per heavy atom. The Balaban J connectivity index is 3.86. The molecule has 52 valence electrons. The number of aliphatic carboxylic acids is 1. The van der Waals surface area contributed by atoms with Crippen molar-refractivity contribution in [1.29, 1.82) is 0 Å². The van der Waals surface area contributed by atoms with Gasteiger partial charge in [0.25, 0.3) is 0 Å². The van der Waals surface area contributed by atoms with Crippen molar-refractivity contribution in [2.45, 2.75) is 12.2 Å². The molecule has 2 atom stereocenters. The molecule has 0 aromatic heterocycles. The van der Waals surface area contributed by atoms with Crippen molar-refractivity contribution < 1.29 is 20.1 Å². The molecule has 0 aromatic rings. The normalized spacial score (nSPS) is 16.2. The first-order chi connectivity index (χ1) is 4.09. The molecule has 9 heavy (non-hydrogen) atoms. The van der Waals surface area contributed by atoms with Crippen LogP contribution in [0, 0.1) is 0 Å². The largest absolute Gasteiger partial charge is 0.479 e. The molecule has 0 aliphatic heterocycles. The number of rotatable bonds is 3. The minimum absolute atomic E-state index is 0.957. The summed E-state index contributed by atoms with van der Waals surface area (Å²) in [6.07, 6.45) is -2.19. The number of hydrogen-bond donors (Lipinski definition) is 3. The second kappa shape index (κ2) is 3.21. The predicted molar refractivity (Wildman–Crippen MR) is 29.8 cm³/mol. The summed E-state index contributed by atoms with van der Waals surface area (Å²) < 4.78 is 0. The lowest BCUT2D eigenvalue weighted by Crippen LogP contribution is -2.31. The van der Waals surface area contributed by atoms with Gasteiger partial charge in [-0.25, -0.2) is 4.79 Å². The molecule has 0 saturated heterocycles. The van der Waals surface area contributed by atoms with Crippen molar-refractivity contribution in [1.82, 2.24) is 0 Å². The summed E-state index contributed by atoms with van der Waals surface area (Å²) >= 11 is 0. The lowest BCUT2D eigenvalue weighted by molar-refractivity contribution is -0.150. The third-order valence-electron chi connectivity index (χ3n) is 0.818. The average molecular weight is 132 g/mol. The van der Waals surface area contributed by atoms with Gasteiger partial charge in [-0.3, -0.25) is 0 Å². The Kier molecular flexibility index (Phi) is 2.90. The number of hydrogen-bond acceptors (Lipinski definition) is 3. The van der Waals surface area contributed by atoms with Crippen LogP contribution in [0.5, 0.6) is 0 Å². The molecule has 0 spiro atoms. The van der Waals surface area contributed by atoms with Gasteiger partial charge in [-0.2, -0.15) is 0 Å². The van der Waals surface area contributed by atoms with Gasteiger partial charge in [-0.1, -0.05) is 6.08 Å². The quantitative estimate of drug-likeness (QED) is 0.429. The minimum Gasteiger partial charge on any atom is -0.479 e. The van der Waals surface area contributed by atoms with Crippen molar-refractivity contribution in [2.75, 3.05) is 0 Å². The summed E-state index contributed by atoms with van der Waals surface area (Å²) in [6.45, 7) is 3.09. The van der Waals surface area contributed by atoms with Crippen molar-refractivity contribution in [3.63, 3.8) is 0 Å². The van der Waals surface area contributed by atoms with Crippen LogP contribution in [0.25, 0.3) is 0 Å². The van der Waals surface area contributed by atoms with Gasteiger partial charge in [0.2, 0.25) is 0 Å². The summed E-state index contributed by atoms with van der Waals surface area (Å²) in [5.74, 6) is -1.46. The van der Waals surface area contributed by atoms with E-state index >= 15 is 0 Å². The van der Waals surface area contributed by atoms with Gasteiger partial charge in [-0.05, 0) is 0 Å². The van der Waals surface area contributed by atoms with E-state index in [1.165, 1.54) is 0 Å². The highest BCUT2D eigenvalue weighted by Gasteiger charge is 2.19. The molecule has 0 heterocycles. The number of carbonyl (C=O) groups is 1. The van der Waals surface area contributed by atoms with E-state index in [2.05, 4.69) is 6.58 Å². The summed E-state index contributed by atoms with van der Waals surface area (Å²) in [5.41, 5.74) is 0. The van der Waals surface area contributed by atoms with Crippen LogP contribution < -0.4 is 0 Å². The summed E-state index contributed by atoms with van der Waals surface area (Å²) in [6, 6.07) is 0. The standard InChI is InChI=1S/C5H8O4/c1-2-3(6)4(7)5(8)9/h2-4,6-7H,1H2,(H,8,9)/t3-,4-/m1/s1. The number of aliphatic hydroxyl groups excluding tert-OH is 2. The van der Waals surface area contributed by atoms with Gasteiger partial charge >= 0.3 is 5.97 Å². The minimum atomic E-state index is -1.76. The second-order valence-electron chi connectivity index (χ2n) is 1.51. The Labute approximate surface area is 52.1 Å². The molecule has 0 fully saturated rings. The van der Waals surface area contributed by atoms with Crippen LogP contribution in [0.15, 0.2) is 12.7 Å². The molecule has 0 aromatic carbocycles. The molecule has 3 N–H and O–H groups in total. The van der Waals surface area contributed by atoms with E-state index < -0.39 is 18.2 Å². The number of aliphatic hydroxyl groups is 2. The third kappa shape index (κ3) is 2.25. The lowest BCUT2D eigenvalue weighted by Gasteiger charge is -2.07. The van der Waals surface area contributed by atoms with Gasteiger partial charge in [0, 0.05) is 0 Å². The Morgan fingerprint density at radius 2 is 2.00 bits per heavy atom. The van der Waals surface area contributed by atoms with Crippen LogP contribution in [-0.4, -0.2) is 33.5 Å². The SMILES string of the molecule is C=C[C@@H](O)[C@@H](O)C(=O)O. The zero-order valence-electron chi connectivity index (χ0n) is 4.69. The third-order valence-corrected chi connectivity index (χ3v) is 0.818. The lowest BCUT2D eigenvalue weighted by atomic mass is 10.2. The van der Waals surface area contributed by atoms with E-state index in [4.69, 9.17) is 15.3 Å². The van der Waals surface area contributed by atoms with E-state index in [0.717, 1.165) is 6.08 Å². The number of carboxylic acid groups (broad SMARTS) is 1. The topological polar surface area (TPSA) is 77.8 Å². The van der Waals surface area contributed by atoms with Crippen molar-refractivity contribution >= 4 is 5.97 Å². The molecule has 0 aliphatic rings. The fraction of sp³-hybridized carbons (Fsp3) is 0.400. The number of carboxylic acids is 1. The van der Waals surface area contributed by atoms with Gasteiger partial charge < -0.3 is 15.3 Å². The molecule has 0 bridgehead atoms. The van der Waals surface area contributed by atoms with Crippen molar-refractivity contribution in [3.8, 4) is 0 Å². The zero-order chi connectivity index (χ0) is 7.44. The van der Waals surface area contributed by atoms with Gasteiger partial charge in [0.15, 0.2) is 6.10 Å².